The monoisotopic (exact) mass is 429 g/mol. The lowest BCUT2D eigenvalue weighted by molar-refractivity contribution is 0.194. The van der Waals surface area contributed by atoms with Crippen molar-refractivity contribution in [3.8, 4) is 0 Å². The molecule has 1 saturated heterocycles. The third kappa shape index (κ3) is 4.11. The van der Waals surface area contributed by atoms with Gasteiger partial charge in [0.2, 0.25) is 10.0 Å². The zero-order valence-corrected chi connectivity index (χ0v) is 17.5. The fourth-order valence-electron chi connectivity index (χ4n) is 4.14. The first-order valence-corrected chi connectivity index (χ1v) is 11.7. The van der Waals surface area contributed by atoms with Crippen LogP contribution in [0.3, 0.4) is 0 Å². The van der Waals surface area contributed by atoms with Gasteiger partial charge in [0, 0.05) is 17.9 Å². The largest absolute Gasteiger partial charge is 0.477 e. The molecule has 0 saturated carbocycles. The van der Waals surface area contributed by atoms with Crippen molar-refractivity contribution in [2.45, 2.75) is 24.7 Å². The molecule has 0 bridgehead atoms. The first kappa shape index (κ1) is 20.9. The fraction of sp³-hybridized carbons (Fsp3) is 0.333. The third-order valence-corrected chi connectivity index (χ3v) is 6.72. The highest BCUT2D eigenvalue weighted by Crippen LogP contribution is 2.36. The van der Waals surface area contributed by atoms with Crippen LogP contribution < -0.4 is 4.31 Å². The molecule has 2 unspecified atom stereocenters. The quantitative estimate of drug-likeness (QED) is 0.560. The summed E-state index contributed by atoms with van der Waals surface area (Å²) in [6.07, 6.45) is 3.49. The first-order valence-electron chi connectivity index (χ1n) is 9.83. The number of sulfonamides is 1. The Hall–Kier alpha value is -2.33. The maximum absolute atomic E-state index is 12.9. The van der Waals surface area contributed by atoms with Gasteiger partial charge in [0.15, 0.2) is 0 Å². The molecule has 1 aliphatic rings. The SMILES string of the molecule is CS(=O)(=O)N(c1ccccc1C1CCOC1)C(Cc1coc2ccccc12)B(O)O. The molecule has 2 heterocycles. The van der Waals surface area contributed by atoms with Crippen LogP contribution in [0.2, 0.25) is 0 Å². The highest BCUT2D eigenvalue weighted by atomic mass is 32.2. The van der Waals surface area contributed by atoms with Crippen LogP contribution in [-0.4, -0.2) is 51.0 Å². The Morgan fingerprint density at radius 1 is 1.17 bits per heavy atom. The molecule has 2 N–H and O–H groups in total. The van der Waals surface area contributed by atoms with Crippen LogP contribution in [0.25, 0.3) is 11.0 Å². The van der Waals surface area contributed by atoms with E-state index >= 15 is 0 Å². The van der Waals surface area contributed by atoms with E-state index in [1.165, 1.54) is 6.26 Å². The summed E-state index contributed by atoms with van der Waals surface area (Å²) in [5.74, 6) is -1.07. The standard InChI is InChI=1S/C21H24BNO6S/c1-30(26,27)23(19-8-4-2-6-17(19)15-10-11-28-13-15)21(22(24)25)12-16-14-29-20-9-5-3-7-18(16)20/h2-9,14-15,21,24-25H,10-13H2,1H3. The summed E-state index contributed by atoms with van der Waals surface area (Å²) in [4.78, 5) is 0. The molecule has 1 aromatic heterocycles. The van der Waals surface area contributed by atoms with Crippen LogP contribution in [0.4, 0.5) is 5.69 Å². The van der Waals surface area contributed by atoms with Gasteiger partial charge in [-0.25, -0.2) is 8.42 Å². The summed E-state index contributed by atoms with van der Waals surface area (Å²) in [6.45, 7) is 1.12. The number of hydrogen-bond acceptors (Lipinski definition) is 6. The van der Waals surface area contributed by atoms with Gasteiger partial charge in [-0.05, 0) is 36.1 Å². The molecule has 0 aliphatic carbocycles. The number of nitrogens with zero attached hydrogens (tertiary/aromatic N) is 1. The predicted octanol–water partition coefficient (Wildman–Crippen LogP) is 2.33. The molecule has 0 amide bonds. The predicted molar refractivity (Wildman–Crippen MR) is 116 cm³/mol. The van der Waals surface area contributed by atoms with Crippen molar-refractivity contribution in [3.05, 3.63) is 65.9 Å². The summed E-state index contributed by atoms with van der Waals surface area (Å²) in [7, 11) is -5.72. The minimum Gasteiger partial charge on any atom is -0.464 e. The molecule has 0 radical (unpaired) electrons. The Bertz CT molecular complexity index is 1120. The van der Waals surface area contributed by atoms with Gasteiger partial charge in [-0.2, -0.15) is 0 Å². The molecule has 1 aliphatic heterocycles. The van der Waals surface area contributed by atoms with Gasteiger partial charge in [-0.3, -0.25) is 4.31 Å². The van der Waals surface area contributed by atoms with Crippen LogP contribution in [0.15, 0.2) is 59.2 Å². The van der Waals surface area contributed by atoms with Crippen molar-refractivity contribution in [2.75, 3.05) is 23.8 Å². The molecule has 0 spiro atoms. The van der Waals surface area contributed by atoms with Gasteiger partial charge >= 0.3 is 7.12 Å². The number of furan rings is 1. The molecular formula is C21H24BNO6S. The number of anilines is 1. The van der Waals surface area contributed by atoms with E-state index in [4.69, 9.17) is 9.15 Å². The van der Waals surface area contributed by atoms with Gasteiger partial charge in [0.25, 0.3) is 0 Å². The van der Waals surface area contributed by atoms with Crippen molar-refractivity contribution in [3.63, 3.8) is 0 Å². The van der Waals surface area contributed by atoms with E-state index in [0.717, 1.165) is 27.9 Å². The second-order valence-electron chi connectivity index (χ2n) is 7.62. The van der Waals surface area contributed by atoms with Gasteiger partial charge in [0.1, 0.15) is 5.58 Å². The van der Waals surface area contributed by atoms with E-state index in [-0.39, 0.29) is 12.3 Å². The number of benzene rings is 2. The Morgan fingerprint density at radius 2 is 1.90 bits per heavy atom. The summed E-state index contributed by atoms with van der Waals surface area (Å²) in [5, 5.41) is 21.3. The highest BCUT2D eigenvalue weighted by molar-refractivity contribution is 7.92. The fourth-order valence-corrected chi connectivity index (χ4v) is 5.34. The third-order valence-electron chi connectivity index (χ3n) is 5.54. The average molecular weight is 429 g/mol. The molecule has 9 heteroatoms. The Kier molecular flexibility index (Phi) is 5.88. The minimum absolute atomic E-state index is 0.0525. The average Bonchev–Trinajstić information content (AvgIpc) is 3.37. The lowest BCUT2D eigenvalue weighted by Crippen LogP contribution is -2.51. The van der Waals surface area contributed by atoms with Crippen LogP contribution in [0.1, 0.15) is 23.5 Å². The second kappa shape index (κ2) is 8.43. The van der Waals surface area contributed by atoms with Crippen LogP contribution in [-0.2, 0) is 21.2 Å². The minimum atomic E-state index is -3.83. The van der Waals surface area contributed by atoms with E-state index in [0.29, 0.717) is 30.0 Å². The molecule has 7 nitrogen and oxygen atoms in total. The van der Waals surface area contributed by atoms with E-state index in [9.17, 15) is 18.5 Å². The Morgan fingerprint density at radius 3 is 2.60 bits per heavy atom. The molecule has 2 aromatic carbocycles. The van der Waals surface area contributed by atoms with Crippen molar-refractivity contribution >= 4 is 33.8 Å². The smallest absolute Gasteiger partial charge is 0.464 e. The van der Waals surface area contributed by atoms with Crippen molar-refractivity contribution < 1.29 is 27.6 Å². The van der Waals surface area contributed by atoms with Gasteiger partial charge in [-0.15, -0.1) is 0 Å². The molecule has 4 rings (SSSR count). The number of ether oxygens (including phenoxy) is 1. The molecule has 2 atom stereocenters. The van der Waals surface area contributed by atoms with E-state index < -0.39 is 23.1 Å². The summed E-state index contributed by atoms with van der Waals surface area (Å²) < 4.78 is 38.0. The Labute approximate surface area is 176 Å². The summed E-state index contributed by atoms with van der Waals surface area (Å²) >= 11 is 0. The van der Waals surface area contributed by atoms with Crippen LogP contribution in [0, 0.1) is 0 Å². The molecule has 30 heavy (non-hydrogen) atoms. The number of rotatable bonds is 7. The van der Waals surface area contributed by atoms with Gasteiger partial charge < -0.3 is 19.2 Å². The molecule has 3 aromatic rings. The normalized spacial score (nSPS) is 17.9. The van der Waals surface area contributed by atoms with Gasteiger partial charge in [0.05, 0.1) is 30.8 Å². The van der Waals surface area contributed by atoms with E-state index in [1.54, 1.807) is 12.1 Å². The van der Waals surface area contributed by atoms with Crippen molar-refractivity contribution in [1.29, 1.82) is 0 Å². The lowest BCUT2D eigenvalue weighted by Gasteiger charge is -2.33. The van der Waals surface area contributed by atoms with Crippen LogP contribution >= 0.6 is 0 Å². The Balaban J connectivity index is 1.79. The number of fused-ring (bicyclic) bond motifs is 1. The topological polar surface area (TPSA) is 100 Å². The van der Waals surface area contributed by atoms with Gasteiger partial charge in [-0.1, -0.05) is 36.4 Å². The first-order chi connectivity index (χ1) is 14.4. The molecular weight excluding hydrogens is 405 g/mol. The number of para-hydroxylation sites is 2. The zero-order chi connectivity index (χ0) is 21.3. The highest BCUT2D eigenvalue weighted by Gasteiger charge is 2.38. The van der Waals surface area contributed by atoms with E-state index in [2.05, 4.69) is 0 Å². The molecule has 1 fully saturated rings. The van der Waals surface area contributed by atoms with E-state index in [1.807, 2.05) is 36.4 Å². The molecule has 158 valence electrons. The van der Waals surface area contributed by atoms with Crippen LogP contribution in [0.5, 0.6) is 0 Å². The summed E-state index contributed by atoms with van der Waals surface area (Å²) in [6, 6.07) is 14.6. The zero-order valence-electron chi connectivity index (χ0n) is 16.6. The lowest BCUT2D eigenvalue weighted by atomic mass is 9.75. The van der Waals surface area contributed by atoms with Crippen molar-refractivity contribution in [1.82, 2.24) is 0 Å². The second-order valence-corrected chi connectivity index (χ2v) is 9.48. The van der Waals surface area contributed by atoms with Crippen molar-refractivity contribution in [2.24, 2.45) is 0 Å². The maximum Gasteiger partial charge on any atom is 0.477 e. The summed E-state index contributed by atoms with van der Waals surface area (Å²) in [5.41, 5.74) is 2.64. The maximum atomic E-state index is 12.9. The number of hydrogen-bond donors (Lipinski definition) is 2.